The third kappa shape index (κ3) is 4.45. The Kier molecular flexibility index (Phi) is 5.71. The predicted octanol–water partition coefficient (Wildman–Crippen LogP) is 1.04. The van der Waals surface area contributed by atoms with Crippen LogP contribution in [0, 0.1) is 5.82 Å². The molecule has 0 saturated carbocycles. The molecule has 0 aromatic heterocycles. The fraction of sp³-hybridized carbons (Fsp3) is 0.500. The Morgan fingerprint density at radius 2 is 2.00 bits per heavy atom. The summed E-state index contributed by atoms with van der Waals surface area (Å²) in [6.45, 7) is 3.84. The van der Waals surface area contributed by atoms with Crippen LogP contribution < -0.4 is 15.8 Å². The van der Waals surface area contributed by atoms with Crippen molar-refractivity contribution in [3.63, 3.8) is 0 Å². The highest BCUT2D eigenvalue weighted by atomic mass is 32.2. The van der Waals surface area contributed by atoms with Crippen LogP contribution in [0.2, 0.25) is 0 Å². The number of anilines is 1. The average Bonchev–Trinajstić information content (AvgIpc) is 2.33. The minimum atomic E-state index is -3.88. The van der Waals surface area contributed by atoms with Crippen LogP contribution in [0.5, 0.6) is 0 Å². The Morgan fingerprint density at radius 3 is 2.47 bits per heavy atom. The van der Waals surface area contributed by atoms with Gasteiger partial charge in [0.1, 0.15) is 5.82 Å². The zero-order valence-electron chi connectivity index (χ0n) is 11.0. The summed E-state index contributed by atoms with van der Waals surface area (Å²) in [5.74, 6) is -0.586. The SMILES string of the molecule is CCCN(CCCN)c1ccc(S(N)(=O)=O)cc1F. The van der Waals surface area contributed by atoms with E-state index < -0.39 is 15.8 Å². The van der Waals surface area contributed by atoms with Crippen molar-refractivity contribution in [2.75, 3.05) is 24.5 Å². The molecule has 0 saturated heterocycles. The number of nitrogens with two attached hydrogens (primary N) is 2. The van der Waals surface area contributed by atoms with Crippen molar-refractivity contribution in [2.24, 2.45) is 10.9 Å². The summed E-state index contributed by atoms with van der Waals surface area (Å²) in [6, 6.07) is 3.72. The van der Waals surface area contributed by atoms with Gasteiger partial charge in [0.2, 0.25) is 10.0 Å². The van der Waals surface area contributed by atoms with Crippen LogP contribution in [0.3, 0.4) is 0 Å². The first-order valence-corrected chi connectivity index (χ1v) is 7.72. The number of hydrogen-bond donors (Lipinski definition) is 2. The third-order valence-electron chi connectivity index (χ3n) is 2.71. The Bertz CT molecular complexity index is 520. The lowest BCUT2D eigenvalue weighted by Crippen LogP contribution is -2.28. The molecular weight excluding hydrogens is 269 g/mol. The molecule has 1 aromatic rings. The first-order chi connectivity index (χ1) is 8.90. The van der Waals surface area contributed by atoms with E-state index in [-0.39, 0.29) is 4.90 Å². The number of hydrogen-bond acceptors (Lipinski definition) is 4. The van der Waals surface area contributed by atoms with E-state index in [1.807, 2.05) is 11.8 Å². The molecule has 0 fully saturated rings. The monoisotopic (exact) mass is 289 g/mol. The second kappa shape index (κ2) is 6.83. The summed E-state index contributed by atoms with van der Waals surface area (Å²) in [5, 5.41) is 4.97. The van der Waals surface area contributed by atoms with Crippen LogP contribution in [-0.4, -0.2) is 28.1 Å². The molecule has 0 bridgehead atoms. The summed E-state index contributed by atoms with van der Waals surface area (Å²) < 4.78 is 36.3. The van der Waals surface area contributed by atoms with Gasteiger partial charge in [-0.15, -0.1) is 0 Å². The predicted molar refractivity (Wildman–Crippen MR) is 73.9 cm³/mol. The maximum Gasteiger partial charge on any atom is 0.238 e. The lowest BCUT2D eigenvalue weighted by atomic mass is 10.2. The highest BCUT2D eigenvalue weighted by Gasteiger charge is 2.15. The molecule has 19 heavy (non-hydrogen) atoms. The number of primary sulfonamides is 1. The molecular formula is C12H20FN3O2S. The number of nitrogens with zero attached hydrogens (tertiary/aromatic N) is 1. The van der Waals surface area contributed by atoms with Gasteiger partial charge in [-0.1, -0.05) is 6.92 Å². The van der Waals surface area contributed by atoms with E-state index in [1.54, 1.807) is 0 Å². The van der Waals surface area contributed by atoms with Gasteiger partial charge in [0.15, 0.2) is 0 Å². The van der Waals surface area contributed by atoms with Crippen molar-refractivity contribution in [1.82, 2.24) is 0 Å². The number of sulfonamides is 1. The Morgan fingerprint density at radius 1 is 1.32 bits per heavy atom. The topological polar surface area (TPSA) is 89.4 Å². The lowest BCUT2D eigenvalue weighted by Gasteiger charge is -2.24. The first-order valence-electron chi connectivity index (χ1n) is 6.17. The number of rotatable bonds is 7. The summed E-state index contributed by atoms with van der Waals surface area (Å²) in [5.41, 5.74) is 5.83. The van der Waals surface area contributed by atoms with Crippen LogP contribution in [0.1, 0.15) is 19.8 Å². The van der Waals surface area contributed by atoms with Crippen molar-refractivity contribution in [3.05, 3.63) is 24.0 Å². The van der Waals surface area contributed by atoms with Crippen molar-refractivity contribution >= 4 is 15.7 Å². The highest BCUT2D eigenvalue weighted by molar-refractivity contribution is 7.89. The number of halogens is 1. The minimum absolute atomic E-state index is 0.218. The fourth-order valence-electron chi connectivity index (χ4n) is 1.83. The average molecular weight is 289 g/mol. The second-order valence-electron chi connectivity index (χ2n) is 4.29. The van der Waals surface area contributed by atoms with Gasteiger partial charge in [-0.2, -0.15) is 0 Å². The standard InChI is InChI=1S/C12H20FN3O2S/c1-2-7-16(8-3-6-14)12-5-4-10(9-11(12)13)19(15,17)18/h4-5,9H,2-3,6-8,14H2,1H3,(H2,15,17,18). The summed E-state index contributed by atoms with van der Waals surface area (Å²) in [7, 11) is -3.88. The molecule has 0 aliphatic heterocycles. The molecule has 1 rings (SSSR count). The molecule has 7 heteroatoms. The summed E-state index contributed by atoms with van der Waals surface area (Å²) >= 11 is 0. The number of benzene rings is 1. The van der Waals surface area contributed by atoms with Gasteiger partial charge < -0.3 is 10.6 Å². The molecule has 0 atom stereocenters. The van der Waals surface area contributed by atoms with Crippen LogP contribution >= 0.6 is 0 Å². The molecule has 4 N–H and O–H groups in total. The van der Waals surface area contributed by atoms with E-state index in [0.29, 0.717) is 25.3 Å². The fourth-order valence-corrected chi connectivity index (χ4v) is 2.35. The van der Waals surface area contributed by atoms with Gasteiger partial charge in [0.05, 0.1) is 10.6 Å². The van der Waals surface area contributed by atoms with Crippen LogP contribution in [0.4, 0.5) is 10.1 Å². The maximum absolute atomic E-state index is 14.0. The zero-order valence-corrected chi connectivity index (χ0v) is 11.8. The van der Waals surface area contributed by atoms with Crippen LogP contribution in [-0.2, 0) is 10.0 Å². The summed E-state index contributed by atoms with van der Waals surface area (Å²) in [6.07, 6.45) is 1.61. The molecule has 0 heterocycles. The Labute approximate surface area is 113 Å². The maximum atomic E-state index is 14.0. The second-order valence-corrected chi connectivity index (χ2v) is 5.85. The van der Waals surface area contributed by atoms with Crippen LogP contribution in [0.15, 0.2) is 23.1 Å². The van der Waals surface area contributed by atoms with E-state index in [4.69, 9.17) is 10.9 Å². The van der Waals surface area contributed by atoms with Crippen molar-refractivity contribution in [3.8, 4) is 0 Å². The van der Waals surface area contributed by atoms with Gasteiger partial charge in [-0.05, 0) is 37.6 Å². The van der Waals surface area contributed by atoms with Crippen LogP contribution in [0.25, 0.3) is 0 Å². The smallest absolute Gasteiger partial charge is 0.238 e. The lowest BCUT2D eigenvalue weighted by molar-refractivity contribution is 0.589. The summed E-state index contributed by atoms with van der Waals surface area (Å²) in [4.78, 5) is 1.64. The highest BCUT2D eigenvalue weighted by Crippen LogP contribution is 2.22. The molecule has 0 unspecified atom stereocenters. The van der Waals surface area contributed by atoms with Crippen molar-refractivity contribution in [2.45, 2.75) is 24.7 Å². The molecule has 1 aromatic carbocycles. The van der Waals surface area contributed by atoms with E-state index in [2.05, 4.69) is 0 Å². The van der Waals surface area contributed by atoms with Gasteiger partial charge in [-0.3, -0.25) is 0 Å². The molecule has 0 spiro atoms. The minimum Gasteiger partial charge on any atom is -0.369 e. The quantitative estimate of drug-likeness (QED) is 0.785. The van der Waals surface area contributed by atoms with Crippen molar-refractivity contribution < 1.29 is 12.8 Å². The van der Waals surface area contributed by atoms with Gasteiger partial charge >= 0.3 is 0 Å². The molecule has 0 radical (unpaired) electrons. The molecule has 0 aliphatic rings. The van der Waals surface area contributed by atoms with E-state index in [1.165, 1.54) is 12.1 Å². The molecule has 5 nitrogen and oxygen atoms in total. The Balaban J connectivity index is 3.04. The van der Waals surface area contributed by atoms with E-state index >= 15 is 0 Å². The van der Waals surface area contributed by atoms with Gasteiger partial charge in [0.25, 0.3) is 0 Å². The zero-order chi connectivity index (χ0) is 14.5. The van der Waals surface area contributed by atoms with E-state index in [9.17, 15) is 12.8 Å². The van der Waals surface area contributed by atoms with Gasteiger partial charge in [-0.25, -0.2) is 17.9 Å². The van der Waals surface area contributed by atoms with Crippen molar-refractivity contribution in [1.29, 1.82) is 0 Å². The third-order valence-corrected chi connectivity index (χ3v) is 3.63. The normalized spacial score (nSPS) is 11.6. The Hall–Kier alpha value is -1.18. The largest absolute Gasteiger partial charge is 0.369 e. The molecule has 108 valence electrons. The first kappa shape index (κ1) is 15.9. The molecule has 0 amide bonds. The van der Waals surface area contributed by atoms with Gasteiger partial charge in [0, 0.05) is 13.1 Å². The molecule has 0 aliphatic carbocycles. The van der Waals surface area contributed by atoms with E-state index in [0.717, 1.165) is 18.9 Å².